The molecular weight excluding hydrogens is 378 g/mol. The number of esters is 2. The molecule has 0 saturated heterocycles. The Morgan fingerprint density at radius 3 is 1.55 bits per heavy atom. The summed E-state index contributed by atoms with van der Waals surface area (Å²) in [5.74, 6) is -0.924. The van der Waals surface area contributed by atoms with Crippen molar-refractivity contribution in [3.05, 3.63) is 0 Å². The van der Waals surface area contributed by atoms with Gasteiger partial charge in [0.15, 0.2) is 0 Å². The molecule has 0 aliphatic rings. The van der Waals surface area contributed by atoms with Crippen molar-refractivity contribution in [1.29, 1.82) is 0 Å². The smallest absolute Gasteiger partial charge is 0.305 e. The first-order valence-corrected chi connectivity index (χ1v) is 8.82. The Kier molecular flexibility index (Phi) is 13.2. The van der Waals surface area contributed by atoms with Gasteiger partial charge in [-0.3, -0.25) is 9.59 Å². The summed E-state index contributed by atoms with van der Waals surface area (Å²) < 4.78 is 8.54. The summed E-state index contributed by atoms with van der Waals surface area (Å²) in [6.45, 7) is 2.19. The third-order valence-electron chi connectivity index (χ3n) is 0.524. The van der Waals surface area contributed by atoms with E-state index in [-0.39, 0.29) is 6.79 Å². The fraction of sp³-hybridized carbons (Fsp3) is 0.600. The van der Waals surface area contributed by atoms with Gasteiger partial charge in [-0.05, 0) is 0 Å². The van der Waals surface area contributed by atoms with Gasteiger partial charge < -0.3 is 9.47 Å². The Labute approximate surface area is 88.3 Å². The van der Waals surface area contributed by atoms with Crippen molar-refractivity contribution < 1.29 is 19.1 Å². The topological polar surface area (TPSA) is 52.6 Å². The Hall–Kier alpha value is 0.400. The summed E-state index contributed by atoms with van der Waals surface area (Å²) in [6, 6.07) is 0. The Morgan fingerprint density at radius 1 is 1.09 bits per heavy atom. The maximum atomic E-state index is 10.0. The molecule has 0 unspecified atom stereocenters. The SMILES string of the molecule is CC(=O)OCOC(C)=O.II. The first kappa shape index (κ1) is 14.0. The molecule has 0 N–H and O–H groups in total. The van der Waals surface area contributed by atoms with Gasteiger partial charge in [-0.15, -0.1) is 0 Å². The van der Waals surface area contributed by atoms with Crippen LogP contribution >= 0.6 is 37.2 Å². The monoisotopic (exact) mass is 386 g/mol. The quantitative estimate of drug-likeness (QED) is 0.413. The maximum Gasteiger partial charge on any atom is 0.305 e. The minimum atomic E-state index is -0.462. The number of carbonyl (C=O) groups is 2. The van der Waals surface area contributed by atoms with Gasteiger partial charge in [-0.1, -0.05) is 0 Å². The molecule has 4 nitrogen and oxygen atoms in total. The molecule has 0 aliphatic heterocycles. The largest absolute Gasteiger partial charge is 0.428 e. The van der Waals surface area contributed by atoms with E-state index in [0.717, 1.165) is 0 Å². The lowest BCUT2D eigenvalue weighted by Crippen LogP contribution is -2.07. The predicted octanol–water partition coefficient (Wildman–Crippen LogP) is 1.84. The summed E-state index contributed by atoms with van der Waals surface area (Å²) in [5.41, 5.74) is 0. The molecule has 11 heavy (non-hydrogen) atoms. The molecule has 0 aliphatic carbocycles. The molecule has 66 valence electrons. The molecule has 0 fully saturated rings. The fourth-order valence-corrected chi connectivity index (χ4v) is 0.195. The van der Waals surface area contributed by atoms with E-state index in [1.807, 2.05) is 0 Å². The number of carbonyl (C=O) groups excluding carboxylic acids is 2. The number of ether oxygens (including phenoxy) is 2. The molecule has 0 saturated carbocycles. The molecule has 6 heteroatoms. The van der Waals surface area contributed by atoms with E-state index < -0.39 is 11.9 Å². The van der Waals surface area contributed by atoms with Gasteiger partial charge in [0.2, 0.25) is 6.79 Å². The minimum Gasteiger partial charge on any atom is -0.428 e. The van der Waals surface area contributed by atoms with Crippen molar-refractivity contribution >= 4 is 49.2 Å². The summed E-state index contributed by atoms with van der Waals surface area (Å²) in [7, 11) is 0. The minimum absolute atomic E-state index is 0.287. The lowest BCUT2D eigenvalue weighted by molar-refractivity contribution is -0.163. The molecule has 0 aromatic rings. The van der Waals surface area contributed by atoms with E-state index in [4.69, 9.17) is 0 Å². The van der Waals surface area contributed by atoms with E-state index in [9.17, 15) is 9.59 Å². The molecule has 0 bridgehead atoms. The molecule has 0 atom stereocenters. The Balaban J connectivity index is 0. The van der Waals surface area contributed by atoms with Gasteiger partial charge in [-0.25, -0.2) is 0 Å². The second kappa shape index (κ2) is 10.4. The summed E-state index contributed by atoms with van der Waals surface area (Å²) in [5, 5.41) is 0. The van der Waals surface area contributed by atoms with Crippen molar-refractivity contribution in [2.24, 2.45) is 0 Å². The molecule has 0 spiro atoms. The van der Waals surface area contributed by atoms with E-state index in [2.05, 4.69) is 46.7 Å². The average molecular weight is 386 g/mol. The van der Waals surface area contributed by atoms with Crippen molar-refractivity contribution in [3.63, 3.8) is 0 Å². The van der Waals surface area contributed by atoms with Crippen LogP contribution in [0.3, 0.4) is 0 Å². The van der Waals surface area contributed by atoms with E-state index in [1.54, 1.807) is 0 Å². The molecule has 0 heterocycles. The highest BCUT2D eigenvalue weighted by Crippen LogP contribution is 1.89. The zero-order valence-electron chi connectivity index (χ0n) is 6.10. The zero-order chi connectivity index (χ0) is 9.28. The van der Waals surface area contributed by atoms with Crippen molar-refractivity contribution in [2.75, 3.05) is 6.79 Å². The van der Waals surface area contributed by atoms with E-state index >= 15 is 0 Å². The fourth-order valence-electron chi connectivity index (χ4n) is 0.195. The third-order valence-corrected chi connectivity index (χ3v) is 0.524. The zero-order valence-corrected chi connectivity index (χ0v) is 10.4. The number of hydrogen-bond donors (Lipinski definition) is 0. The summed E-state index contributed by atoms with van der Waals surface area (Å²) in [4.78, 5) is 20.0. The highest BCUT2D eigenvalue weighted by Gasteiger charge is 1.93. The molecular formula is C5H8I2O4. The van der Waals surface area contributed by atoms with E-state index in [0.29, 0.717) is 0 Å². The average Bonchev–Trinajstić information content (AvgIpc) is 1.90. The second-order valence-corrected chi connectivity index (χ2v) is 1.39. The normalized spacial score (nSPS) is 7.27. The lowest BCUT2D eigenvalue weighted by Gasteiger charge is -1.99. The van der Waals surface area contributed by atoms with Gasteiger partial charge in [0.1, 0.15) is 0 Å². The van der Waals surface area contributed by atoms with Gasteiger partial charge in [-0.2, -0.15) is 0 Å². The maximum absolute atomic E-state index is 10.0. The van der Waals surface area contributed by atoms with E-state index in [1.165, 1.54) is 13.8 Å². The molecule has 0 aromatic carbocycles. The number of rotatable bonds is 2. The van der Waals surface area contributed by atoms with Gasteiger partial charge in [0, 0.05) is 51.1 Å². The molecule has 0 rings (SSSR count). The van der Waals surface area contributed by atoms with Crippen LogP contribution in [0.1, 0.15) is 13.8 Å². The Bertz CT molecular complexity index is 112. The third kappa shape index (κ3) is 17.9. The van der Waals surface area contributed by atoms with Crippen molar-refractivity contribution in [3.8, 4) is 0 Å². The van der Waals surface area contributed by atoms with Crippen LogP contribution in [0.15, 0.2) is 0 Å². The van der Waals surface area contributed by atoms with Crippen LogP contribution in [0.2, 0.25) is 0 Å². The van der Waals surface area contributed by atoms with Gasteiger partial charge in [0.05, 0.1) is 0 Å². The first-order chi connectivity index (χ1) is 5.13. The molecule has 0 aromatic heterocycles. The van der Waals surface area contributed by atoms with Gasteiger partial charge >= 0.3 is 11.9 Å². The van der Waals surface area contributed by atoms with Crippen LogP contribution in [-0.2, 0) is 19.1 Å². The van der Waals surface area contributed by atoms with Crippen LogP contribution in [0.4, 0.5) is 0 Å². The second-order valence-electron chi connectivity index (χ2n) is 1.39. The van der Waals surface area contributed by atoms with Crippen LogP contribution in [0, 0.1) is 0 Å². The number of hydrogen-bond acceptors (Lipinski definition) is 4. The lowest BCUT2D eigenvalue weighted by atomic mass is 10.8. The predicted molar refractivity (Wildman–Crippen MR) is 56.4 cm³/mol. The summed E-state index contributed by atoms with van der Waals surface area (Å²) >= 11 is 4.24. The number of halogens is 2. The van der Waals surface area contributed by atoms with Gasteiger partial charge in [0.25, 0.3) is 0 Å². The summed E-state index contributed by atoms with van der Waals surface area (Å²) in [6.07, 6.45) is 0. The van der Waals surface area contributed by atoms with Crippen LogP contribution in [0.5, 0.6) is 0 Å². The standard InChI is InChI=1S/C5H8O4.I2/c1-4(6)8-3-9-5(2)7;1-2/h3H2,1-2H3;. The van der Waals surface area contributed by atoms with Crippen molar-refractivity contribution in [1.82, 2.24) is 0 Å². The van der Waals surface area contributed by atoms with Crippen molar-refractivity contribution in [2.45, 2.75) is 13.8 Å². The molecule has 0 amide bonds. The first-order valence-electron chi connectivity index (χ1n) is 2.54. The van der Waals surface area contributed by atoms with Crippen LogP contribution in [-0.4, -0.2) is 18.7 Å². The highest BCUT2D eigenvalue weighted by atomic mass is 128. The Morgan fingerprint density at radius 2 is 1.36 bits per heavy atom. The van der Waals surface area contributed by atoms with Crippen LogP contribution < -0.4 is 0 Å². The molecule has 0 radical (unpaired) electrons. The highest BCUT2D eigenvalue weighted by molar-refractivity contribution is 15.0. The van der Waals surface area contributed by atoms with Crippen LogP contribution in [0.25, 0.3) is 0 Å².